The molecule has 1 unspecified atom stereocenters. The molecule has 1 amide bonds. The van der Waals surface area contributed by atoms with E-state index < -0.39 is 5.91 Å². The molecule has 19 heavy (non-hydrogen) atoms. The minimum atomic E-state index is -0.470. The van der Waals surface area contributed by atoms with Gasteiger partial charge >= 0.3 is 0 Å². The first-order chi connectivity index (χ1) is 9.16. The molecule has 0 aliphatic carbocycles. The number of piperidine rings is 1. The molecule has 104 valence electrons. The summed E-state index contributed by atoms with van der Waals surface area (Å²) in [5.41, 5.74) is 6.50. The van der Waals surface area contributed by atoms with Crippen molar-refractivity contribution in [1.82, 2.24) is 5.32 Å². The molecule has 2 rings (SSSR count). The number of carbonyl (C=O) groups excluding carboxylic acids is 1. The van der Waals surface area contributed by atoms with Crippen LogP contribution in [0, 0.1) is 5.92 Å². The molecule has 0 radical (unpaired) electrons. The molecular formula is C14H19ClN2O2. The van der Waals surface area contributed by atoms with E-state index in [1.54, 1.807) is 18.2 Å². The third kappa shape index (κ3) is 4.20. The van der Waals surface area contributed by atoms with Crippen LogP contribution in [0.15, 0.2) is 18.2 Å². The minimum Gasteiger partial charge on any atom is -0.376 e. The van der Waals surface area contributed by atoms with E-state index in [1.165, 1.54) is 12.8 Å². The van der Waals surface area contributed by atoms with E-state index in [4.69, 9.17) is 22.1 Å². The SMILES string of the molecule is NC(=O)c1ccc(COCC2CCCNC2)c(Cl)c1. The maximum atomic E-state index is 11.0. The number of hydrogen-bond acceptors (Lipinski definition) is 3. The summed E-state index contributed by atoms with van der Waals surface area (Å²) in [5, 5.41) is 3.88. The molecule has 1 aliphatic rings. The molecule has 0 bridgehead atoms. The summed E-state index contributed by atoms with van der Waals surface area (Å²) in [6.45, 7) is 3.33. The zero-order valence-corrected chi connectivity index (χ0v) is 11.6. The lowest BCUT2D eigenvalue weighted by Gasteiger charge is -2.22. The molecule has 0 spiro atoms. The van der Waals surface area contributed by atoms with Crippen LogP contribution in [0.2, 0.25) is 5.02 Å². The van der Waals surface area contributed by atoms with Gasteiger partial charge in [-0.25, -0.2) is 0 Å². The number of ether oxygens (including phenoxy) is 1. The highest BCUT2D eigenvalue weighted by Gasteiger charge is 2.13. The molecule has 1 saturated heterocycles. The average Bonchev–Trinajstić information content (AvgIpc) is 2.41. The fourth-order valence-corrected chi connectivity index (χ4v) is 2.45. The topological polar surface area (TPSA) is 64.4 Å². The predicted molar refractivity (Wildman–Crippen MR) is 75.2 cm³/mol. The summed E-state index contributed by atoms with van der Waals surface area (Å²) < 4.78 is 5.70. The van der Waals surface area contributed by atoms with E-state index in [9.17, 15) is 4.79 Å². The highest BCUT2D eigenvalue weighted by atomic mass is 35.5. The van der Waals surface area contributed by atoms with E-state index >= 15 is 0 Å². The van der Waals surface area contributed by atoms with Gasteiger partial charge in [0.25, 0.3) is 0 Å². The Morgan fingerprint density at radius 3 is 3.00 bits per heavy atom. The maximum Gasteiger partial charge on any atom is 0.248 e. The van der Waals surface area contributed by atoms with Crippen molar-refractivity contribution in [2.45, 2.75) is 19.4 Å². The van der Waals surface area contributed by atoms with Crippen LogP contribution < -0.4 is 11.1 Å². The van der Waals surface area contributed by atoms with E-state index in [-0.39, 0.29) is 0 Å². The van der Waals surface area contributed by atoms with Gasteiger partial charge in [0.05, 0.1) is 13.2 Å². The minimum absolute atomic E-state index is 0.422. The van der Waals surface area contributed by atoms with E-state index in [2.05, 4.69) is 5.32 Å². The fourth-order valence-electron chi connectivity index (χ4n) is 2.22. The van der Waals surface area contributed by atoms with Crippen LogP contribution in [0.3, 0.4) is 0 Å². The van der Waals surface area contributed by atoms with Gasteiger partial charge in [-0.05, 0) is 43.0 Å². The first-order valence-corrected chi connectivity index (χ1v) is 6.91. The summed E-state index contributed by atoms with van der Waals surface area (Å²) >= 11 is 6.09. The lowest BCUT2D eigenvalue weighted by atomic mass is 10.0. The Hall–Kier alpha value is -1.10. The quantitative estimate of drug-likeness (QED) is 0.868. The average molecular weight is 283 g/mol. The van der Waals surface area contributed by atoms with Crippen molar-refractivity contribution in [1.29, 1.82) is 0 Å². The third-order valence-corrected chi connectivity index (χ3v) is 3.70. The maximum absolute atomic E-state index is 11.0. The second-order valence-corrected chi connectivity index (χ2v) is 5.31. The molecular weight excluding hydrogens is 264 g/mol. The van der Waals surface area contributed by atoms with Gasteiger partial charge in [0, 0.05) is 17.1 Å². The van der Waals surface area contributed by atoms with Crippen LogP contribution in [0.25, 0.3) is 0 Å². The van der Waals surface area contributed by atoms with Gasteiger partial charge < -0.3 is 15.8 Å². The van der Waals surface area contributed by atoms with Gasteiger partial charge in [-0.3, -0.25) is 4.79 Å². The normalized spacial score (nSPS) is 19.3. The molecule has 5 heteroatoms. The lowest BCUT2D eigenvalue weighted by Crippen LogP contribution is -2.32. The van der Waals surface area contributed by atoms with Crippen molar-refractivity contribution in [3.8, 4) is 0 Å². The summed E-state index contributed by atoms with van der Waals surface area (Å²) in [4.78, 5) is 11.0. The third-order valence-electron chi connectivity index (χ3n) is 3.35. The number of primary amides is 1. The Labute approximate surface area is 118 Å². The molecule has 1 aliphatic heterocycles. The van der Waals surface area contributed by atoms with Gasteiger partial charge in [0.15, 0.2) is 0 Å². The Kier molecular flexibility index (Phi) is 5.19. The van der Waals surface area contributed by atoms with Crippen molar-refractivity contribution < 1.29 is 9.53 Å². The smallest absolute Gasteiger partial charge is 0.248 e. The Balaban J connectivity index is 1.83. The molecule has 1 aromatic carbocycles. The summed E-state index contributed by atoms with van der Waals surface area (Å²) in [6, 6.07) is 5.06. The highest BCUT2D eigenvalue weighted by Crippen LogP contribution is 2.19. The van der Waals surface area contributed by atoms with Gasteiger partial charge in [0.1, 0.15) is 0 Å². The van der Waals surface area contributed by atoms with Crippen LogP contribution in [0.4, 0.5) is 0 Å². The standard InChI is InChI=1S/C14H19ClN2O2/c15-13-6-11(14(16)18)3-4-12(13)9-19-8-10-2-1-5-17-7-10/h3-4,6,10,17H,1-2,5,7-9H2,(H2,16,18). The van der Waals surface area contributed by atoms with Crippen LogP contribution in [-0.4, -0.2) is 25.6 Å². The number of hydrogen-bond donors (Lipinski definition) is 2. The largest absolute Gasteiger partial charge is 0.376 e. The van der Waals surface area contributed by atoms with Crippen molar-refractivity contribution >= 4 is 17.5 Å². The van der Waals surface area contributed by atoms with Crippen molar-refractivity contribution in [2.75, 3.05) is 19.7 Å². The van der Waals surface area contributed by atoms with Crippen molar-refractivity contribution in [2.24, 2.45) is 11.7 Å². The van der Waals surface area contributed by atoms with Gasteiger partial charge in [-0.15, -0.1) is 0 Å². The Bertz CT molecular complexity index is 445. The molecule has 1 atom stereocenters. The zero-order valence-electron chi connectivity index (χ0n) is 10.8. The number of nitrogens with one attached hydrogen (secondary N) is 1. The number of carbonyl (C=O) groups is 1. The van der Waals surface area contributed by atoms with E-state index in [0.717, 1.165) is 25.3 Å². The highest BCUT2D eigenvalue weighted by molar-refractivity contribution is 6.31. The number of halogens is 1. The second-order valence-electron chi connectivity index (χ2n) is 4.90. The van der Waals surface area contributed by atoms with E-state index in [1.807, 2.05) is 0 Å². The number of amides is 1. The lowest BCUT2D eigenvalue weighted by molar-refractivity contribution is 0.0783. The van der Waals surface area contributed by atoms with Crippen molar-refractivity contribution in [3.05, 3.63) is 34.3 Å². The van der Waals surface area contributed by atoms with Crippen LogP contribution in [0.1, 0.15) is 28.8 Å². The number of rotatable bonds is 5. The first-order valence-electron chi connectivity index (χ1n) is 6.53. The summed E-state index contributed by atoms with van der Waals surface area (Å²) in [7, 11) is 0. The number of nitrogens with two attached hydrogens (primary N) is 1. The van der Waals surface area contributed by atoms with E-state index in [0.29, 0.717) is 23.1 Å². The predicted octanol–water partition coefficient (Wildman–Crippen LogP) is 1.96. The van der Waals surface area contributed by atoms with Gasteiger partial charge in [0.2, 0.25) is 5.91 Å². The second kappa shape index (κ2) is 6.89. The molecule has 3 N–H and O–H groups in total. The van der Waals surface area contributed by atoms with Crippen LogP contribution in [-0.2, 0) is 11.3 Å². The molecule has 4 nitrogen and oxygen atoms in total. The molecule has 1 aromatic rings. The molecule has 0 aromatic heterocycles. The van der Waals surface area contributed by atoms with Gasteiger partial charge in [-0.2, -0.15) is 0 Å². The summed E-state index contributed by atoms with van der Waals surface area (Å²) in [5.74, 6) is 0.111. The first kappa shape index (κ1) is 14.3. The zero-order chi connectivity index (χ0) is 13.7. The molecule has 0 saturated carbocycles. The Morgan fingerprint density at radius 2 is 2.37 bits per heavy atom. The fraction of sp³-hybridized carbons (Fsp3) is 0.500. The van der Waals surface area contributed by atoms with Gasteiger partial charge in [-0.1, -0.05) is 17.7 Å². The van der Waals surface area contributed by atoms with Crippen molar-refractivity contribution in [3.63, 3.8) is 0 Å². The van der Waals surface area contributed by atoms with Crippen LogP contribution >= 0.6 is 11.6 Å². The number of benzene rings is 1. The monoisotopic (exact) mass is 282 g/mol. The summed E-state index contributed by atoms with van der Waals surface area (Å²) in [6.07, 6.45) is 2.42. The molecule has 1 fully saturated rings. The Morgan fingerprint density at radius 1 is 1.53 bits per heavy atom. The van der Waals surface area contributed by atoms with Crippen LogP contribution in [0.5, 0.6) is 0 Å². The molecule has 1 heterocycles.